The Kier molecular flexibility index (Phi) is 12.1. The first-order chi connectivity index (χ1) is 17.8. The Morgan fingerprint density at radius 2 is 1.95 bits per heavy atom. The van der Waals surface area contributed by atoms with Crippen LogP contribution in [0.2, 0.25) is 0 Å². The number of nitrogens with one attached hydrogen (secondary N) is 1. The Hall–Kier alpha value is -1.69. The molecular weight excluding hydrogens is 587 g/mol. The zero-order valence-corrected chi connectivity index (χ0v) is 24.1. The Morgan fingerprint density at radius 1 is 1.22 bits per heavy atom. The Balaban J connectivity index is 1.86. The van der Waals surface area contributed by atoms with E-state index >= 15 is 0 Å². The number of para-hydroxylation sites is 1. The van der Waals surface area contributed by atoms with Gasteiger partial charge in [-0.25, -0.2) is 0 Å². The minimum absolute atomic E-state index is 0.00514. The maximum Gasteiger partial charge on any atom is 0.247 e. The van der Waals surface area contributed by atoms with Gasteiger partial charge in [0.05, 0.1) is 22.3 Å². The van der Waals surface area contributed by atoms with E-state index in [1.54, 1.807) is 11.0 Å². The van der Waals surface area contributed by atoms with Crippen LogP contribution in [0.5, 0.6) is 5.75 Å². The van der Waals surface area contributed by atoms with E-state index in [1.807, 2.05) is 38.1 Å². The average Bonchev–Trinajstić information content (AvgIpc) is 3.38. The van der Waals surface area contributed by atoms with Gasteiger partial charge in [0.1, 0.15) is 18.0 Å². The van der Waals surface area contributed by atoms with Gasteiger partial charge in [0.2, 0.25) is 11.8 Å². The lowest BCUT2D eigenvalue weighted by Crippen LogP contribution is -2.55. The SMILES string of the molecule is CC(C)OCCCN(C(=O)CC1CCCC1)C1CC(C(=O)NCCO)=CC(Oc2ccccc2I)C1O. The fraction of sp³-hybridized carbons (Fsp3) is 0.643. The van der Waals surface area contributed by atoms with Crippen molar-refractivity contribution < 1.29 is 29.3 Å². The van der Waals surface area contributed by atoms with Gasteiger partial charge < -0.3 is 29.9 Å². The number of aliphatic hydroxyl groups is 2. The molecule has 2 aliphatic rings. The average molecular weight is 629 g/mol. The maximum absolute atomic E-state index is 13.6. The highest BCUT2D eigenvalue weighted by atomic mass is 127. The molecule has 8 nitrogen and oxygen atoms in total. The van der Waals surface area contributed by atoms with Crippen LogP contribution in [-0.2, 0) is 14.3 Å². The van der Waals surface area contributed by atoms with Crippen molar-refractivity contribution in [3.05, 3.63) is 39.5 Å². The van der Waals surface area contributed by atoms with Crippen LogP contribution in [0.4, 0.5) is 0 Å². The van der Waals surface area contributed by atoms with E-state index in [0.29, 0.717) is 43.2 Å². The molecule has 3 N–H and O–H groups in total. The summed E-state index contributed by atoms with van der Waals surface area (Å²) in [5, 5.41) is 23.4. The molecule has 2 amide bonds. The van der Waals surface area contributed by atoms with Crippen LogP contribution in [0.3, 0.4) is 0 Å². The van der Waals surface area contributed by atoms with Crippen LogP contribution in [0.15, 0.2) is 35.9 Å². The predicted octanol–water partition coefficient (Wildman–Crippen LogP) is 3.43. The summed E-state index contributed by atoms with van der Waals surface area (Å²) in [4.78, 5) is 28.3. The third-order valence-corrected chi connectivity index (χ3v) is 7.86. The molecule has 0 aromatic heterocycles. The van der Waals surface area contributed by atoms with Crippen LogP contribution in [-0.4, -0.2) is 77.6 Å². The van der Waals surface area contributed by atoms with Crippen LogP contribution < -0.4 is 10.1 Å². The van der Waals surface area contributed by atoms with Crippen molar-refractivity contribution in [1.82, 2.24) is 10.2 Å². The highest BCUT2D eigenvalue weighted by molar-refractivity contribution is 14.1. The molecule has 3 rings (SSSR count). The minimum Gasteiger partial charge on any atom is -0.482 e. The highest BCUT2D eigenvalue weighted by Gasteiger charge is 2.40. The summed E-state index contributed by atoms with van der Waals surface area (Å²) in [6.07, 6.45) is 5.63. The summed E-state index contributed by atoms with van der Waals surface area (Å²) >= 11 is 2.17. The predicted molar refractivity (Wildman–Crippen MR) is 150 cm³/mol. The van der Waals surface area contributed by atoms with E-state index in [0.717, 1.165) is 29.3 Å². The number of hydrogen-bond donors (Lipinski definition) is 3. The lowest BCUT2D eigenvalue weighted by atomic mass is 9.87. The van der Waals surface area contributed by atoms with Crippen LogP contribution >= 0.6 is 22.6 Å². The summed E-state index contributed by atoms with van der Waals surface area (Å²) in [5.41, 5.74) is 0.441. The number of amides is 2. The molecule has 3 atom stereocenters. The van der Waals surface area contributed by atoms with E-state index in [1.165, 1.54) is 0 Å². The van der Waals surface area contributed by atoms with Gasteiger partial charge in [-0.2, -0.15) is 0 Å². The molecule has 0 saturated heterocycles. The first-order valence-corrected chi connectivity index (χ1v) is 14.5. The standard InChI is InChI=1S/C28H41IN2O6/c1-19(2)36-15-7-13-31(26(33)16-20-8-3-4-9-20)23-17-21(28(35)30-12-14-32)18-25(27(23)34)37-24-11-6-5-10-22(24)29/h5-6,10-11,18-20,23,25,27,32,34H,3-4,7-9,12-17H2,1-2H3,(H,30,35). The summed E-state index contributed by atoms with van der Waals surface area (Å²) in [5.74, 6) is 0.649. The number of halogens is 1. The van der Waals surface area contributed by atoms with Crippen molar-refractivity contribution >= 4 is 34.4 Å². The van der Waals surface area contributed by atoms with Gasteiger partial charge in [0, 0.05) is 38.1 Å². The Morgan fingerprint density at radius 3 is 2.62 bits per heavy atom. The van der Waals surface area contributed by atoms with Crippen molar-refractivity contribution in [3.8, 4) is 5.75 Å². The highest BCUT2D eigenvalue weighted by Crippen LogP contribution is 2.32. The summed E-state index contributed by atoms with van der Waals surface area (Å²) in [6, 6.07) is 6.88. The van der Waals surface area contributed by atoms with Crippen molar-refractivity contribution in [3.63, 3.8) is 0 Å². The first-order valence-electron chi connectivity index (χ1n) is 13.4. The smallest absolute Gasteiger partial charge is 0.247 e. The van der Waals surface area contributed by atoms with Crippen molar-refractivity contribution in [1.29, 1.82) is 0 Å². The Bertz CT molecular complexity index is 918. The number of carbonyl (C=O) groups is 2. The molecule has 1 aromatic rings. The second kappa shape index (κ2) is 15.0. The van der Waals surface area contributed by atoms with E-state index in [4.69, 9.17) is 9.47 Å². The van der Waals surface area contributed by atoms with E-state index in [-0.39, 0.29) is 37.5 Å². The largest absolute Gasteiger partial charge is 0.482 e. The second-order valence-corrected chi connectivity index (χ2v) is 11.3. The number of hydrogen-bond acceptors (Lipinski definition) is 6. The van der Waals surface area contributed by atoms with Crippen LogP contribution in [0.1, 0.15) is 58.8 Å². The van der Waals surface area contributed by atoms with Crippen molar-refractivity contribution in [2.75, 3.05) is 26.3 Å². The third-order valence-electron chi connectivity index (χ3n) is 6.97. The molecule has 1 aromatic carbocycles. The van der Waals surface area contributed by atoms with Gasteiger partial charge in [0.25, 0.3) is 0 Å². The number of aliphatic hydroxyl groups excluding tert-OH is 2. The lowest BCUT2D eigenvalue weighted by Gasteiger charge is -2.41. The molecule has 1 saturated carbocycles. The summed E-state index contributed by atoms with van der Waals surface area (Å²) < 4.78 is 12.8. The fourth-order valence-corrected chi connectivity index (χ4v) is 5.59. The first kappa shape index (κ1) is 29.9. The van der Waals surface area contributed by atoms with E-state index in [9.17, 15) is 19.8 Å². The molecular formula is C28H41IN2O6. The molecule has 206 valence electrons. The second-order valence-electron chi connectivity index (χ2n) is 10.2. The number of nitrogens with zero attached hydrogens (tertiary/aromatic N) is 1. The maximum atomic E-state index is 13.6. The molecule has 1 fully saturated rings. The van der Waals surface area contributed by atoms with Gasteiger partial charge in [-0.05, 0) is 79.8 Å². The zero-order valence-electron chi connectivity index (χ0n) is 21.9. The monoisotopic (exact) mass is 628 g/mol. The topological polar surface area (TPSA) is 108 Å². The molecule has 9 heteroatoms. The van der Waals surface area contributed by atoms with Crippen LogP contribution in [0.25, 0.3) is 0 Å². The third kappa shape index (κ3) is 8.94. The molecule has 0 bridgehead atoms. The lowest BCUT2D eigenvalue weighted by molar-refractivity contribution is -0.140. The van der Waals surface area contributed by atoms with Gasteiger partial charge in [-0.3, -0.25) is 9.59 Å². The van der Waals surface area contributed by atoms with Crippen LogP contribution in [0, 0.1) is 9.49 Å². The Labute approximate surface area is 233 Å². The van der Waals surface area contributed by atoms with Crippen molar-refractivity contribution in [2.24, 2.45) is 5.92 Å². The zero-order chi connectivity index (χ0) is 26.8. The molecule has 3 unspecified atom stereocenters. The summed E-state index contributed by atoms with van der Waals surface area (Å²) in [6.45, 7) is 4.85. The number of ether oxygens (including phenoxy) is 2. The summed E-state index contributed by atoms with van der Waals surface area (Å²) in [7, 11) is 0. The van der Waals surface area contributed by atoms with Gasteiger partial charge >= 0.3 is 0 Å². The van der Waals surface area contributed by atoms with Gasteiger partial charge in [-0.15, -0.1) is 0 Å². The molecule has 0 aliphatic heterocycles. The fourth-order valence-electron chi connectivity index (χ4n) is 5.07. The number of carbonyl (C=O) groups excluding carboxylic acids is 2. The van der Waals surface area contributed by atoms with E-state index in [2.05, 4.69) is 27.9 Å². The molecule has 0 heterocycles. The van der Waals surface area contributed by atoms with Gasteiger partial charge in [-0.1, -0.05) is 25.0 Å². The molecule has 2 aliphatic carbocycles. The molecule has 0 spiro atoms. The number of rotatable bonds is 13. The van der Waals surface area contributed by atoms with Crippen molar-refractivity contribution in [2.45, 2.75) is 83.1 Å². The molecule has 0 radical (unpaired) electrons. The quantitative estimate of drug-likeness (QED) is 0.228. The van der Waals surface area contributed by atoms with E-state index < -0.39 is 18.2 Å². The van der Waals surface area contributed by atoms with Gasteiger partial charge in [0.15, 0.2) is 0 Å². The minimum atomic E-state index is -1.01. The number of benzene rings is 1. The normalized spacial score (nSPS) is 22.1. The molecule has 37 heavy (non-hydrogen) atoms.